The van der Waals surface area contributed by atoms with Crippen molar-refractivity contribution in [3.05, 3.63) is 23.0 Å². The molecule has 1 amide bonds. The lowest BCUT2D eigenvalue weighted by Crippen LogP contribution is -2.10. The number of halogens is 2. The Bertz CT molecular complexity index is 417. The van der Waals surface area contributed by atoms with Crippen LogP contribution in [-0.2, 0) is 4.79 Å². The van der Waals surface area contributed by atoms with E-state index in [-0.39, 0.29) is 16.6 Å². The average Bonchev–Trinajstić information content (AvgIpc) is 2.34. The molecule has 0 heterocycles. The van der Waals surface area contributed by atoms with Gasteiger partial charge in [-0.05, 0) is 18.6 Å². The van der Waals surface area contributed by atoms with Crippen molar-refractivity contribution in [1.29, 1.82) is 0 Å². The molecule has 3 nitrogen and oxygen atoms in total. The second-order valence-corrected chi connectivity index (χ2v) is 5.76. The molecule has 0 radical (unpaired) electrons. The fraction of sp³-hybridized carbons (Fsp3) is 0.417. The van der Waals surface area contributed by atoms with Crippen LogP contribution < -0.4 is 10.1 Å². The molecule has 18 heavy (non-hydrogen) atoms. The molecule has 0 spiro atoms. The van der Waals surface area contributed by atoms with Crippen LogP contribution in [0.2, 0.25) is 5.02 Å². The third-order valence-corrected chi connectivity index (χ3v) is 3.99. The lowest BCUT2D eigenvalue weighted by atomic mass is 10.3. The number of carbonyl (C=O) groups is 1. The smallest absolute Gasteiger partial charge is 0.211 e. The molecular weight excluding hydrogens is 276 g/mol. The minimum atomic E-state index is -0.578. The number of hydrogen-bond donors (Lipinski definition) is 1. The van der Waals surface area contributed by atoms with Crippen molar-refractivity contribution in [2.24, 2.45) is 0 Å². The van der Waals surface area contributed by atoms with Crippen molar-refractivity contribution in [3.8, 4) is 5.75 Å². The van der Waals surface area contributed by atoms with Crippen LogP contribution in [0, 0.1) is 5.82 Å². The van der Waals surface area contributed by atoms with Crippen LogP contribution in [-0.4, -0.2) is 18.4 Å². The Hall–Kier alpha value is -0.860. The number of anilines is 1. The Morgan fingerprint density at radius 3 is 2.83 bits per heavy atom. The summed E-state index contributed by atoms with van der Waals surface area (Å²) in [5.74, 6) is -0.109. The quantitative estimate of drug-likeness (QED) is 0.612. The molecule has 2 atom stereocenters. The summed E-state index contributed by atoms with van der Waals surface area (Å²) in [5, 5.41) is 2.49. The van der Waals surface area contributed by atoms with E-state index in [0.29, 0.717) is 20.7 Å². The van der Waals surface area contributed by atoms with Crippen molar-refractivity contribution < 1.29 is 13.9 Å². The fourth-order valence-electron chi connectivity index (χ4n) is 1.44. The summed E-state index contributed by atoms with van der Waals surface area (Å²) < 4.78 is 19.2. The van der Waals surface area contributed by atoms with Crippen LogP contribution in [0.4, 0.5) is 10.1 Å². The van der Waals surface area contributed by atoms with E-state index < -0.39 is 5.82 Å². The maximum absolute atomic E-state index is 13.4. The predicted molar refractivity (Wildman–Crippen MR) is 74.7 cm³/mol. The van der Waals surface area contributed by atoms with E-state index in [4.69, 9.17) is 16.3 Å². The lowest BCUT2D eigenvalue weighted by Gasteiger charge is -2.18. The second kappa shape index (κ2) is 7.55. The molecule has 2 unspecified atom stereocenters. The van der Waals surface area contributed by atoms with Gasteiger partial charge in [0.25, 0.3) is 0 Å². The molecule has 0 aliphatic rings. The summed E-state index contributed by atoms with van der Waals surface area (Å²) in [6.45, 7) is 4.10. The number of rotatable bonds is 7. The van der Waals surface area contributed by atoms with Gasteiger partial charge in [-0.1, -0.05) is 34.0 Å². The highest BCUT2D eigenvalue weighted by Gasteiger charge is 2.13. The van der Waals surface area contributed by atoms with Gasteiger partial charge in [0, 0.05) is 6.07 Å². The molecule has 0 aromatic heterocycles. The van der Waals surface area contributed by atoms with E-state index in [1.165, 1.54) is 6.07 Å². The molecule has 1 aromatic carbocycles. The molecule has 0 aliphatic carbocycles. The van der Waals surface area contributed by atoms with Crippen molar-refractivity contribution in [1.82, 2.24) is 0 Å². The molecule has 1 aromatic rings. The van der Waals surface area contributed by atoms with E-state index in [1.807, 2.05) is 6.92 Å². The van der Waals surface area contributed by atoms with Gasteiger partial charge in [0.2, 0.25) is 6.41 Å². The Morgan fingerprint density at radius 2 is 2.28 bits per heavy atom. The van der Waals surface area contributed by atoms with E-state index in [9.17, 15) is 9.18 Å². The first-order chi connectivity index (χ1) is 8.62. The van der Waals surface area contributed by atoms with Crippen molar-refractivity contribution in [2.75, 3.05) is 11.5 Å². The standard InChI is InChI=1S/C12H16ClFNO2P/c1-3-12(18-4-2)17-11-6-10(15-7-16)9(14)5-8(11)13/h5-7,12,18H,3-4H2,1-2H3,(H,15,16). The van der Waals surface area contributed by atoms with Crippen LogP contribution in [0.5, 0.6) is 5.75 Å². The molecule has 1 N–H and O–H groups in total. The highest BCUT2D eigenvalue weighted by Crippen LogP contribution is 2.34. The number of nitrogens with one attached hydrogen (secondary N) is 1. The van der Waals surface area contributed by atoms with Crippen molar-refractivity contribution >= 4 is 32.3 Å². The third kappa shape index (κ3) is 4.11. The zero-order valence-electron chi connectivity index (χ0n) is 10.3. The molecule has 1 rings (SSSR count). The van der Waals surface area contributed by atoms with Gasteiger partial charge in [0.1, 0.15) is 17.4 Å². The van der Waals surface area contributed by atoms with E-state index in [2.05, 4.69) is 12.2 Å². The summed E-state index contributed by atoms with van der Waals surface area (Å²) in [6.07, 6.45) is 2.30. The first kappa shape index (κ1) is 15.2. The van der Waals surface area contributed by atoms with Gasteiger partial charge in [0.05, 0.1) is 10.7 Å². The van der Waals surface area contributed by atoms with Crippen LogP contribution in [0.25, 0.3) is 0 Å². The summed E-state index contributed by atoms with van der Waals surface area (Å²) >= 11 is 5.92. The maximum atomic E-state index is 13.4. The highest BCUT2D eigenvalue weighted by atomic mass is 35.5. The Balaban J connectivity index is 2.93. The minimum Gasteiger partial charge on any atom is -0.485 e. The topological polar surface area (TPSA) is 38.3 Å². The normalized spacial score (nSPS) is 12.7. The zero-order valence-corrected chi connectivity index (χ0v) is 12.1. The summed E-state index contributed by atoms with van der Waals surface area (Å²) in [7, 11) is 0.658. The lowest BCUT2D eigenvalue weighted by molar-refractivity contribution is -0.105. The van der Waals surface area contributed by atoms with Gasteiger partial charge in [0.15, 0.2) is 0 Å². The van der Waals surface area contributed by atoms with Crippen LogP contribution >= 0.6 is 20.2 Å². The SMILES string of the molecule is CCPC(CC)Oc1cc(NC=O)c(F)cc1Cl. The Kier molecular flexibility index (Phi) is 6.37. The molecule has 0 saturated carbocycles. The fourth-order valence-corrected chi connectivity index (χ4v) is 2.59. The van der Waals surface area contributed by atoms with Gasteiger partial charge >= 0.3 is 0 Å². The number of amides is 1. The third-order valence-electron chi connectivity index (χ3n) is 2.31. The van der Waals surface area contributed by atoms with Crippen molar-refractivity contribution in [3.63, 3.8) is 0 Å². The van der Waals surface area contributed by atoms with E-state index in [0.717, 1.165) is 18.6 Å². The molecule has 0 saturated heterocycles. The molecule has 100 valence electrons. The maximum Gasteiger partial charge on any atom is 0.211 e. The average molecular weight is 292 g/mol. The van der Waals surface area contributed by atoms with Crippen LogP contribution in [0.3, 0.4) is 0 Å². The molecule has 0 aliphatic heterocycles. The van der Waals surface area contributed by atoms with Crippen LogP contribution in [0.1, 0.15) is 20.3 Å². The monoisotopic (exact) mass is 291 g/mol. The van der Waals surface area contributed by atoms with Gasteiger partial charge < -0.3 is 10.1 Å². The van der Waals surface area contributed by atoms with Gasteiger partial charge in [-0.3, -0.25) is 4.79 Å². The zero-order chi connectivity index (χ0) is 13.5. The van der Waals surface area contributed by atoms with E-state index in [1.54, 1.807) is 0 Å². The number of benzene rings is 1. The summed E-state index contributed by atoms with van der Waals surface area (Å²) in [4.78, 5) is 10.4. The Morgan fingerprint density at radius 1 is 1.56 bits per heavy atom. The first-order valence-electron chi connectivity index (χ1n) is 5.71. The molecule has 6 heteroatoms. The number of ether oxygens (including phenoxy) is 1. The molecule has 0 bridgehead atoms. The van der Waals surface area contributed by atoms with Crippen LogP contribution in [0.15, 0.2) is 12.1 Å². The van der Waals surface area contributed by atoms with Gasteiger partial charge in [-0.2, -0.15) is 0 Å². The van der Waals surface area contributed by atoms with Crippen molar-refractivity contribution in [2.45, 2.75) is 26.1 Å². The first-order valence-corrected chi connectivity index (χ1v) is 7.37. The predicted octanol–water partition coefficient (Wildman–Crippen LogP) is 3.86. The molecular formula is C12H16ClFNO2P. The Labute approximate surface area is 113 Å². The number of carbonyl (C=O) groups excluding carboxylic acids is 1. The highest BCUT2D eigenvalue weighted by molar-refractivity contribution is 7.38. The summed E-state index contributed by atoms with van der Waals surface area (Å²) in [6, 6.07) is 2.55. The minimum absolute atomic E-state index is 0.0686. The van der Waals surface area contributed by atoms with Gasteiger partial charge in [-0.15, -0.1) is 0 Å². The number of hydrogen-bond acceptors (Lipinski definition) is 2. The summed E-state index contributed by atoms with van der Waals surface area (Å²) in [5.41, 5.74) is 0.0686. The largest absolute Gasteiger partial charge is 0.485 e. The van der Waals surface area contributed by atoms with E-state index >= 15 is 0 Å². The van der Waals surface area contributed by atoms with Gasteiger partial charge in [-0.25, -0.2) is 4.39 Å². The molecule has 0 fully saturated rings. The second-order valence-electron chi connectivity index (χ2n) is 3.60.